The lowest BCUT2D eigenvalue weighted by Crippen LogP contribution is -2.44. The van der Waals surface area contributed by atoms with Crippen LogP contribution in [0.5, 0.6) is 0 Å². The summed E-state index contributed by atoms with van der Waals surface area (Å²) in [5, 5.41) is 27.2. The minimum absolute atomic E-state index is 0.0767. The van der Waals surface area contributed by atoms with Crippen molar-refractivity contribution < 1.29 is 15.3 Å². The van der Waals surface area contributed by atoms with Gasteiger partial charge in [-0.15, -0.1) is 0 Å². The summed E-state index contributed by atoms with van der Waals surface area (Å²) in [7, 11) is 0. The highest BCUT2D eigenvalue weighted by Crippen LogP contribution is 2.05. The molecule has 0 saturated heterocycles. The van der Waals surface area contributed by atoms with E-state index in [0.717, 1.165) is 4.57 Å². The van der Waals surface area contributed by atoms with E-state index < -0.39 is 24.5 Å². The molecule has 0 radical (unpaired) electrons. The topological polar surface area (TPSA) is 122 Å². The van der Waals surface area contributed by atoms with Gasteiger partial charge in [0.25, 0.3) is 0 Å². The van der Waals surface area contributed by atoms with Gasteiger partial charge in [-0.1, -0.05) is 0 Å². The molecule has 0 bridgehead atoms. The van der Waals surface area contributed by atoms with Gasteiger partial charge in [-0.2, -0.15) is 4.98 Å². The van der Waals surface area contributed by atoms with E-state index in [-0.39, 0.29) is 12.4 Å². The molecule has 1 heterocycles. The van der Waals surface area contributed by atoms with Crippen molar-refractivity contribution in [1.82, 2.24) is 9.55 Å². The molecule has 0 aromatic carbocycles. The third-order valence-electron chi connectivity index (χ3n) is 1.95. The lowest BCUT2D eigenvalue weighted by atomic mass is 10.1. The molecule has 0 amide bonds. The minimum Gasteiger partial charge on any atom is -0.393 e. The van der Waals surface area contributed by atoms with Crippen molar-refractivity contribution in [2.75, 3.05) is 18.9 Å². The molecular weight excluding hydrogens is 202 g/mol. The van der Waals surface area contributed by atoms with Gasteiger partial charge in [0.1, 0.15) is 11.4 Å². The minimum atomic E-state index is -1.73. The number of hydrogen-bond donors (Lipinski definition) is 4. The lowest BCUT2D eigenvalue weighted by molar-refractivity contribution is -0.0666. The standard InChI is InChI=1S/C8H13N3O4/c9-6-1-2-11(7(14)10-6)3-8(15,4-12)5-13/h1-2,12-13,15H,3-5H2,(H2,9,10,14). The van der Waals surface area contributed by atoms with Crippen molar-refractivity contribution in [1.29, 1.82) is 0 Å². The second kappa shape index (κ2) is 4.39. The van der Waals surface area contributed by atoms with Gasteiger partial charge < -0.3 is 21.1 Å². The van der Waals surface area contributed by atoms with Gasteiger partial charge >= 0.3 is 5.69 Å². The summed E-state index contributed by atoms with van der Waals surface area (Å²) in [5.41, 5.74) is 2.89. The summed E-state index contributed by atoms with van der Waals surface area (Å²) >= 11 is 0. The molecule has 1 aromatic heterocycles. The first kappa shape index (κ1) is 11.6. The van der Waals surface area contributed by atoms with Crippen molar-refractivity contribution in [3.63, 3.8) is 0 Å². The Hall–Kier alpha value is -1.44. The van der Waals surface area contributed by atoms with E-state index in [0.29, 0.717) is 0 Å². The molecule has 15 heavy (non-hydrogen) atoms. The molecular formula is C8H13N3O4. The number of rotatable bonds is 4. The van der Waals surface area contributed by atoms with Crippen LogP contribution in [0.1, 0.15) is 0 Å². The summed E-state index contributed by atoms with van der Waals surface area (Å²) in [6, 6.07) is 1.39. The van der Waals surface area contributed by atoms with Crippen LogP contribution in [-0.2, 0) is 6.54 Å². The van der Waals surface area contributed by atoms with Gasteiger partial charge in [0.15, 0.2) is 0 Å². The number of anilines is 1. The van der Waals surface area contributed by atoms with Crippen LogP contribution in [0.25, 0.3) is 0 Å². The third-order valence-corrected chi connectivity index (χ3v) is 1.95. The van der Waals surface area contributed by atoms with Gasteiger partial charge in [0.05, 0.1) is 19.8 Å². The first-order chi connectivity index (χ1) is 7.00. The summed E-state index contributed by atoms with van der Waals surface area (Å²) in [6.45, 7) is -1.55. The third kappa shape index (κ3) is 2.75. The lowest BCUT2D eigenvalue weighted by Gasteiger charge is -2.23. The van der Waals surface area contributed by atoms with Crippen molar-refractivity contribution in [3.05, 3.63) is 22.7 Å². The van der Waals surface area contributed by atoms with Crippen molar-refractivity contribution in [2.45, 2.75) is 12.1 Å². The molecule has 84 valence electrons. The van der Waals surface area contributed by atoms with Gasteiger partial charge in [0.2, 0.25) is 0 Å². The molecule has 1 aromatic rings. The number of aromatic nitrogens is 2. The van der Waals surface area contributed by atoms with Crippen molar-refractivity contribution in [3.8, 4) is 0 Å². The van der Waals surface area contributed by atoms with Crippen molar-refractivity contribution in [2.24, 2.45) is 0 Å². The average molecular weight is 215 g/mol. The smallest absolute Gasteiger partial charge is 0.349 e. The molecule has 0 aliphatic heterocycles. The number of aliphatic hydroxyl groups is 3. The van der Waals surface area contributed by atoms with Gasteiger partial charge in [-0.05, 0) is 6.07 Å². The Labute approximate surface area is 85.4 Å². The second-order valence-corrected chi connectivity index (χ2v) is 3.30. The zero-order chi connectivity index (χ0) is 11.5. The number of hydrogen-bond acceptors (Lipinski definition) is 6. The van der Waals surface area contributed by atoms with E-state index in [9.17, 15) is 9.90 Å². The summed E-state index contributed by atoms with van der Waals surface area (Å²) in [4.78, 5) is 14.7. The van der Waals surface area contributed by atoms with Crippen LogP contribution in [0.3, 0.4) is 0 Å². The van der Waals surface area contributed by atoms with E-state index >= 15 is 0 Å². The zero-order valence-corrected chi connectivity index (χ0v) is 8.00. The highest BCUT2D eigenvalue weighted by Gasteiger charge is 2.26. The summed E-state index contributed by atoms with van der Waals surface area (Å²) < 4.78 is 1.06. The number of nitrogens with zero attached hydrogens (tertiary/aromatic N) is 2. The van der Waals surface area contributed by atoms with Gasteiger partial charge in [-0.25, -0.2) is 4.79 Å². The normalized spacial score (nSPS) is 11.7. The highest BCUT2D eigenvalue weighted by atomic mass is 16.4. The molecule has 0 unspecified atom stereocenters. The molecule has 0 saturated carbocycles. The maximum absolute atomic E-state index is 11.2. The molecule has 0 aliphatic carbocycles. The Kier molecular flexibility index (Phi) is 3.40. The monoisotopic (exact) mass is 215 g/mol. The maximum atomic E-state index is 11.2. The fourth-order valence-corrected chi connectivity index (χ4v) is 1.03. The Morgan fingerprint density at radius 1 is 1.47 bits per heavy atom. The van der Waals surface area contributed by atoms with Crippen molar-refractivity contribution >= 4 is 5.82 Å². The Bertz CT molecular complexity index is 386. The first-order valence-electron chi connectivity index (χ1n) is 4.28. The van der Waals surface area contributed by atoms with Crippen LogP contribution < -0.4 is 11.4 Å². The van der Waals surface area contributed by atoms with Crippen LogP contribution in [0.15, 0.2) is 17.1 Å². The molecule has 0 fully saturated rings. The Morgan fingerprint density at radius 3 is 2.53 bits per heavy atom. The predicted octanol–water partition coefficient (Wildman–Crippen LogP) is -2.46. The number of nitrogen functional groups attached to an aromatic ring is 1. The molecule has 5 N–H and O–H groups in total. The van der Waals surface area contributed by atoms with Gasteiger partial charge in [0, 0.05) is 6.20 Å². The van der Waals surface area contributed by atoms with E-state index in [2.05, 4.69) is 4.98 Å². The Balaban J connectivity index is 2.94. The van der Waals surface area contributed by atoms with Crippen LogP contribution in [0, 0.1) is 0 Å². The largest absolute Gasteiger partial charge is 0.393 e. The molecule has 7 heteroatoms. The predicted molar refractivity (Wildman–Crippen MR) is 52.0 cm³/mol. The van der Waals surface area contributed by atoms with E-state index in [1.807, 2.05) is 0 Å². The summed E-state index contributed by atoms with van der Waals surface area (Å²) in [5.74, 6) is 0.0767. The fourth-order valence-electron chi connectivity index (χ4n) is 1.03. The molecule has 0 aliphatic rings. The number of nitrogens with two attached hydrogens (primary N) is 1. The Morgan fingerprint density at radius 2 is 2.07 bits per heavy atom. The molecule has 7 nitrogen and oxygen atoms in total. The molecule has 0 atom stereocenters. The van der Waals surface area contributed by atoms with Crippen LogP contribution in [0.2, 0.25) is 0 Å². The number of aliphatic hydroxyl groups excluding tert-OH is 2. The maximum Gasteiger partial charge on any atom is 0.349 e. The van der Waals surface area contributed by atoms with Crippen LogP contribution in [0.4, 0.5) is 5.82 Å². The van der Waals surface area contributed by atoms with Gasteiger partial charge in [-0.3, -0.25) is 4.57 Å². The second-order valence-electron chi connectivity index (χ2n) is 3.30. The molecule has 1 rings (SSSR count). The SMILES string of the molecule is Nc1ccn(CC(O)(CO)CO)c(=O)n1. The zero-order valence-electron chi connectivity index (χ0n) is 8.00. The average Bonchev–Trinajstić information content (AvgIpc) is 2.22. The van der Waals surface area contributed by atoms with Crippen LogP contribution in [-0.4, -0.2) is 43.7 Å². The highest BCUT2D eigenvalue weighted by molar-refractivity contribution is 5.23. The van der Waals surface area contributed by atoms with E-state index in [1.165, 1.54) is 12.3 Å². The van der Waals surface area contributed by atoms with E-state index in [4.69, 9.17) is 15.9 Å². The van der Waals surface area contributed by atoms with E-state index in [1.54, 1.807) is 0 Å². The quantitative estimate of drug-likeness (QED) is 0.442. The fraction of sp³-hybridized carbons (Fsp3) is 0.500. The summed E-state index contributed by atoms with van der Waals surface area (Å²) in [6.07, 6.45) is 1.33. The van der Waals surface area contributed by atoms with Crippen LogP contribution >= 0.6 is 0 Å². The first-order valence-corrected chi connectivity index (χ1v) is 4.28. The molecule has 0 spiro atoms.